The number of aryl methyl sites for hydroxylation is 1. The molecule has 0 bridgehead atoms. The summed E-state index contributed by atoms with van der Waals surface area (Å²) in [6.45, 7) is 8.40. The molecule has 1 aliphatic carbocycles. The molecule has 3 rings (SSSR count). The molecule has 2 aromatic rings. The van der Waals surface area contributed by atoms with Gasteiger partial charge in [-0.3, -0.25) is 0 Å². The second-order valence-corrected chi connectivity index (χ2v) is 11.1. The minimum atomic E-state index is -0.520. The molecule has 0 aliphatic heterocycles. The number of ether oxygens (including phenoxy) is 1. The van der Waals surface area contributed by atoms with Gasteiger partial charge in [0.1, 0.15) is 23.5 Å². The molecule has 0 saturated heterocycles. The lowest BCUT2D eigenvalue weighted by molar-refractivity contribution is 0.0734. The van der Waals surface area contributed by atoms with E-state index in [0.29, 0.717) is 23.0 Å². The maximum absolute atomic E-state index is 13.0. The molecule has 1 saturated carbocycles. The van der Waals surface area contributed by atoms with E-state index >= 15 is 0 Å². The van der Waals surface area contributed by atoms with Gasteiger partial charge in [0.2, 0.25) is 0 Å². The third-order valence-electron chi connectivity index (χ3n) is 8.40. The van der Waals surface area contributed by atoms with E-state index in [0.717, 1.165) is 43.6 Å². The summed E-state index contributed by atoms with van der Waals surface area (Å²) in [5.74, 6) is 1.55. The minimum absolute atomic E-state index is 0.132. The Kier molecular flexibility index (Phi) is 12.3. The van der Waals surface area contributed by atoms with Crippen LogP contribution in [0.15, 0.2) is 49.1 Å². The van der Waals surface area contributed by atoms with Gasteiger partial charge in [-0.25, -0.2) is 4.79 Å². The summed E-state index contributed by atoms with van der Waals surface area (Å²) in [6.07, 6.45) is 17.3. The second kappa shape index (κ2) is 15.9. The van der Waals surface area contributed by atoms with E-state index in [1.807, 2.05) is 30.3 Å². The molecule has 1 fully saturated rings. The van der Waals surface area contributed by atoms with Crippen LogP contribution < -0.4 is 4.74 Å². The van der Waals surface area contributed by atoms with Gasteiger partial charge < -0.3 is 4.74 Å². The van der Waals surface area contributed by atoms with Crippen LogP contribution in [0.1, 0.15) is 129 Å². The molecule has 1 aliphatic rings. The molecule has 0 spiro atoms. The van der Waals surface area contributed by atoms with Crippen LogP contribution in [0.5, 0.6) is 5.75 Å². The van der Waals surface area contributed by atoms with E-state index < -0.39 is 5.97 Å². The van der Waals surface area contributed by atoms with Crippen LogP contribution in [0.2, 0.25) is 0 Å². The largest absolute Gasteiger partial charge is 0.421 e. The topological polar surface area (TPSA) is 73.9 Å². The van der Waals surface area contributed by atoms with E-state index in [-0.39, 0.29) is 11.3 Å². The summed E-state index contributed by atoms with van der Waals surface area (Å²) in [5.41, 5.74) is 2.94. The summed E-state index contributed by atoms with van der Waals surface area (Å²) in [5, 5.41) is 19.5. The molecule has 39 heavy (non-hydrogen) atoms. The number of carbonyl (C=O) groups is 1. The van der Waals surface area contributed by atoms with Crippen LogP contribution in [0.4, 0.5) is 0 Å². The minimum Gasteiger partial charge on any atom is -0.421 e. The highest BCUT2D eigenvalue weighted by Gasteiger charge is 2.28. The normalized spacial score (nSPS) is 17.5. The highest BCUT2D eigenvalue weighted by atomic mass is 16.5. The van der Waals surface area contributed by atoms with Crippen molar-refractivity contribution in [2.45, 2.75) is 103 Å². The maximum atomic E-state index is 13.0. The Morgan fingerprint density at radius 3 is 2.23 bits per heavy atom. The lowest BCUT2D eigenvalue weighted by Gasteiger charge is -2.34. The van der Waals surface area contributed by atoms with E-state index in [2.05, 4.69) is 32.6 Å². The number of allylic oxidation sites excluding steroid dienone is 1. The number of carbonyl (C=O) groups excluding carboxylic acids is 1. The lowest BCUT2D eigenvalue weighted by atomic mass is 9.71. The van der Waals surface area contributed by atoms with Crippen LogP contribution in [0.25, 0.3) is 0 Å². The Bertz CT molecular complexity index is 1160. The number of unbranched alkanes of at least 4 members (excludes halogenated alkanes) is 4. The molecule has 0 N–H and O–H groups in total. The summed E-state index contributed by atoms with van der Waals surface area (Å²) in [7, 11) is 0. The molecule has 0 aromatic heterocycles. The van der Waals surface area contributed by atoms with Crippen LogP contribution >= 0.6 is 0 Å². The maximum Gasteiger partial charge on any atom is 0.343 e. The first-order valence-electron chi connectivity index (χ1n) is 14.9. The number of nitrogens with zero attached hydrogens (tertiary/aromatic N) is 2. The summed E-state index contributed by atoms with van der Waals surface area (Å²) in [4.78, 5) is 13.0. The van der Waals surface area contributed by atoms with Crippen molar-refractivity contribution in [2.24, 2.45) is 11.8 Å². The molecule has 4 heteroatoms. The Morgan fingerprint density at radius 2 is 1.62 bits per heavy atom. The zero-order valence-corrected chi connectivity index (χ0v) is 23.9. The van der Waals surface area contributed by atoms with Gasteiger partial charge in [-0.05, 0) is 79.2 Å². The van der Waals surface area contributed by atoms with Gasteiger partial charge in [-0.15, -0.1) is 6.58 Å². The van der Waals surface area contributed by atoms with E-state index in [9.17, 15) is 15.3 Å². The molecule has 1 unspecified atom stereocenters. The van der Waals surface area contributed by atoms with Crippen molar-refractivity contribution in [3.8, 4) is 17.9 Å². The van der Waals surface area contributed by atoms with E-state index in [1.54, 1.807) is 12.1 Å². The summed E-state index contributed by atoms with van der Waals surface area (Å²) >= 11 is 0. The van der Waals surface area contributed by atoms with Crippen molar-refractivity contribution < 1.29 is 9.53 Å². The van der Waals surface area contributed by atoms with Crippen LogP contribution in [0, 0.1) is 34.5 Å². The molecular weight excluding hydrogens is 480 g/mol. The predicted octanol–water partition coefficient (Wildman–Crippen LogP) is 9.43. The Balaban J connectivity index is 1.68. The van der Waals surface area contributed by atoms with Crippen molar-refractivity contribution in [1.29, 1.82) is 10.5 Å². The van der Waals surface area contributed by atoms with Crippen LogP contribution in [0.3, 0.4) is 0 Å². The number of esters is 1. The van der Waals surface area contributed by atoms with Gasteiger partial charge in [0, 0.05) is 0 Å². The molecular formula is C35H44N2O2. The highest BCUT2D eigenvalue weighted by molar-refractivity contribution is 5.91. The van der Waals surface area contributed by atoms with Gasteiger partial charge in [0.05, 0.1) is 11.1 Å². The smallest absolute Gasteiger partial charge is 0.343 e. The average Bonchev–Trinajstić information content (AvgIpc) is 2.97. The first-order valence-corrected chi connectivity index (χ1v) is 14.9. The van der Waals surface area contributed by atoms with Gasteiger partial charge in [0.15, 0.2) is 0 Å². The highest BCUT2D eigenvalue weighted by Crippen LogP contribution is 2.41. The number of rotatable bonds is 14. The van der Waals surface area contributed by atoms with E-state index in [4.69, 9.17) is 4.74 Å². The van der Waals surface area contributed by atoms with Crippen molar-refractivity contribution in [3.63, 3.8) is 0 Å². The average molecular weight is 525 g/mol. The number of hydrogen-bond acceptors (Lipinski definition) is 4. The van der Waals surface area contributed by atoms with E-state index in [1.165, 1.54) is 56.9 Å². The standard InChI is InChI=1S/C35H44N2O2/c1-4-7-9-12-26-14-16-28(17-15-26)31(11-6-3)29-18-20-30(21-19-29)35(38)39-34-23-22-27(13-10-8-5-2)32(24-36)33(34)25-37/h6,18-23,26,28,31H,3-5,7-17H2,1-2H3. The van der Waals surface area contributed by atoms with Gasteiger partial charge in [0.25, 0.3) is 0 Å². The molecule has 0 heterocycles. The Labute approximate surface area is 235 Å². The number of hydrogen-bond donors (Lipinski definition) is 0. The predicted molar refractivity (Wildman–Crippen MR) is 158 cm³/mol. The molecule has 0 amide bonds. The molecule has 206 valence electrons. The molecule has 1 atom stereocenters. The summed E-state index contributed by atoms with van der Waals surface area (Å²) in [6, 6.07) is 15.4. The number of benzene rings is 2. The quantitative estimate of drug-likeness (QED) is 0.107. The zero-order valence-electron chi connectivity index (χ0n) is 23.9. The second-order valence-electron chi connectivity index (χ2n) is 11.1. The first kappa shape index (κ1) is 30.2. The van der Waals surface area contributed by atoms with Crippen LogP contribution in [-0.2, 0) is 6.42 Å². The molecule has 2 aromatic carbocycles. The van der Waals surface area contributed by atoms with Gasteiger partial charge in [-0.2, -0.15) is 10.5 Å². The van der Waals surface area contributed by atoms with Gasteiger partial charge in [-0.1, -0.05) is 89.5 Å². The lowest BCUT2D eigenvalue weighted by Crippen LogP contribution is -2.21. The number of nitriles is 2. The molecule has 4 nitrogen and oxygen atoms in total. The van der Waals surface area contributed by atoms with Crippen molar-refractivity contribution in [1.82, 2.24) is 0 Å². The molecule has 0 radical (unpaired) electrons. The fourth-order valence-corrected chi connectivity index (χ4v) is 6.09. The fraction of sp³-hybridized carbons (Fsp3) is 0.514. The fourth-order valence-electron chi connectivity index (χ4n) is 6.09. The van der Waals surface area contributed by atoms with Crippen molar-refractivity contribution in [2.75, 3.05) is 0 Å². The first-order chi connectivity index (χ1) is 19.1. The Hall–Kier alpha value is -3.37. The van der Waals surface area contributed by atoms with Crippen LogP contribution in [-0.4, -0.2) is 5.97 Å². The van der Waals surface area contributed by atoms with Crippen molar-refractivity contribution >= 4 is 5.97 Å². The monoisotopic (exact) mass is 524 g/mol. The SMILES string of the molecule is C=CCC(c1ccc(C(=O)Oc2ccc(CCCCC)c(C#N)c2C#N)cc1)C1CCC(CCCCC)CC1. The zero-order chi connectivity index (χ0) is 28.0. The summed E-state index contributed by atoms with van der Waals surface area (Å²) < 4.78 is 5.63. The van der Waals surface area contributed by atoms with Crippen molar-refractivity contribution in [3.05, 3.63) is 76.9 Å². The third-order valence-corrected chi connectivity index (χ3v) is 8.40. The third kappa shape index (κ3) is 8.31. The Morgan fingerprint density at radius 1 is 0.949 bits per heavy atom. The van der Waals surface area contributed by atoms with Gasteiger partial charge >= 0.3 is 5.97 Å².